The summed E-state index contributed by atoms with van der Waals surface area (Å²) in [5.74, 6) is 0.258. The third-order valence-corrected chi connectivity index (χ3v) is 5.11. The minimum atomic E-state index is -0.308. The number of hydrogen-bond acceptors (Lipinski definition) is 7. The van der Waals surface area contributed by atoms with E-state index in [-0.39, 0.29) is 35.0 Å². The zero-order valence-corrected chi connectivity index (χ0v) is 18.0. The number of phenolic OH excluding ortho intramolecular Hbond substituents is 1. The molecule has 1 amide bonds. The summed E-state index contributed by atoms with van der Waals surface area (Å²) in [6.45, 7) is 4.05. The maximum atomic E-state index is 13.7. The predicted octanol–water partition coefficient (Wildman–Crippen LogP) is 4.64. The van der Waals surface area contributed by atoms with E-state index in [1.165, 1.54) is 17.0 Å². The first kappa shape index (κ1) is 21.5. The Labute approximate surface area is 178 Å². The van der Waals surface area contributed by atoms with Crippen molar-refractivity contribution in [2.24, 2.45) is 5.92 Å². The molecule has 0 aliphatic carbocycles. The van der Waals surface area contributed by atoms with Gasteiger partial charge in [-0.05, 0) is 35.7 Å². The highest BCUT2D eigenvalue weighted by Gasteiger charge is 2.21. The zero-order chi connectivity index (χ0) is 21.8. The number of benzene rings is 2. The summed E-state index contributed by atoms with van der Waals surface area (Å²) in [5.41, 5.74) is 1.32. The average molecular weight is 430 g/mol. The number of halogens is 1. The van der Waals surface area contributed by atoms with Crippen molar-refractivity contribution in [3.8, 4) is 5.75 Å². The lowest BCUT2D eigenvalue weighted by molar-refractivity contribution is 0.0824. The van der Waals surface area contributed by atoms with Crippen molar-refractivity contribution in [1.29, 1.82) is 0 Å². The van der Waals surface area contributed by atoms with Gasteiger partial charge in [-0.15, -0.1) is 0 Å². The van der Waals surface area contributed by atoms with Crippen molar-refractivity contribution < 1.29 is 14.3 Å². The van der Waals surface area contributed by atoms with Gasteiger partial charge in [-0.3, -0.25) is 4.79 Å². The number of nitrogens with one attached hydrogen (secondary N) is 2. The number of aromatic hydroxyl groups is 1. The lowest BCUT2D eigenvalue weighted by Gasteiger charge is -2.23. The third kappa shape index (κ3) is 4.68. The second-order valence-corrected chi connectivity index (χ2v) is 7.94. The number of phenols is 1. The van der Waals surface area contributed by atoms with Crippen LogP contribution in [-0.2, 0) is 0 Å². The first-order valence-corrected chi connectivity index (χ1v) is 10.2. The van der Waals surface area contributed by atoms with Gasteiger partial charge in [0.25, 0.3) is 5.91 Å². The van der Waals surface area contributed by atoms with Crippen LogP contribution in [0, 0.1) is 11.7 Å². The Balaban J connectivity index is 1.87. The average Bonchev–Trinajstić information content (AvgIpc) is 3.13. The van der Waals surface area contributed by atoms with Crippen molar-refractivity contribution in [2.45, 2.75) is 19.9 Å². The Hall–Kier alpha value is -3.20. The SMILES string of the molecule is CC(C)[C@H](Nc1nsnc1Nc1cccc(C(=O)N(C)C)c1O)c1cccc(F)c1. The second-order valence-electron chi connectivity index (χ2n) is 7.41. The number of hydrogen-bond donors (Lipinski definition) is 3. The molecule has 0 saturated carbocycles. The summed E-state index contributed by atoms with van der Waals surface area (Å²) in [7, 11) is 3.24. The molecule has 7 nitrogen and oxygen atoms in total. The lowest BCUT2D eigenvalue weighted by Crippen LogP contribution is -2.21. The van der Waals surface area contributed by atoms with Crippen LogP contribution in [0.3, 0.4) is 0 Å². The van der Waals surface area contributed by atoms with Gasteiger partial charge < -0.3 is 20.6 Å². The molecule has 2 aromatic carbocycles. The largest absolute Gasteiger partial charge is 0.505 e. The highest BCUT2D eigenvalue weighted by Crippen LogP contribution is 2.35. The molecule has 0 saturated heterocycles. The van der Waals surface area contributed by atoms with Crippen LogP contribution in [0.25, 0.3) is 0 Å². The Morgan fingerprint density at radius 2 is 1.83 bits per heavy atom. The number of amides is 1. The summed E-state index contributed by atoms with van der Waals surface area (Å²) in [4.78, 5) is 13.7. The van der Waals surface area contributed by atoms with E-state index in [2.05, 4.69) is 19.4 Å². The summed E-state index contributed by atoms with van der Waals surface area (Å²) in [6.07, 6.45) is 0. The molecule has 30 heavy (non-hydrogen) atoms. The lowest BCUT2D eigenvalue weighted by atomic mass is 9.96. The van der Waals surface area contributed by atoms with E-state index in [9.17, 15) is 14.3 Å². The molecule has 3 N–H and O–H groups in total. The van der Waals surface area contributed by atoms with Gasteiger partial charge in [0.1, 0.15) is 5.82 Å². The van der Waals surface area contributed by atoms with Crippen LogP contribution in [0.4, 0.5) is 21.7 Å². The van der Waals surface area contributed by atoms with Crippen LogP contribution < -0.4 is 10.6 Å². The second kappa shape index (κ2) is 9.08. The molecule has 0 fully saturated rings. The quantitative estimate of drug-likeness (QED) is 0.474. The molecule has 0 unspecified atom stereocenters. The van der Waals surface area contributed by atoms with Crippen LogP contribution in [-0.4, -0.2) is 38.8 Å². The van der Waals surface area contributed by atoms with Gasteiger partial charge in [-0.25, -0.2) is 4.39 Å². The number of rotatable bonds is 7. The smallest absolute Gasteiger partial charge is 0.257 e. The van der Waals surface area contributed by atoms with Crippen molar-refractivity contribution in [2.75, 3.05) is 24.7 Å². The Morgan fingerprint density at radius 3 is 2.50 bits per heavy atom. The third-order valence-electron chi connectivity index (χ3n) is 4.58. The van der Waals surface area contributed by atoms with Gasteiger partial charge in [0.2, 0.25) is 0 Å². The maximum absolute atomic E-state index is 13.7. The molecule has 0 spiro atoms. The highest BCUT2D eigenvalue weighted by molar-refractivity contribution is 6.99. The molecule has 1 aromatic heterocycles. The predicted molar refractivity (Wildman–Crippen MR) is 117 cm³/mol. The topological polar surface area (TPSA) is 90.4 Å². The Kier molecular flexibility index (Phi) is 6.51. The van der Waals surface area contributed by atoms with E-state index >= 15 is 0 Å². The molecule has 1 atom stereocenters. The number of para-hydroxylation sites is 1. The fourth-order valence-electron chi connectivity index (χ4n) is 3.03. The molecule has 0 radical (unpaired) electrons. The van der Waals surface area contributed by atoms with E-state index in [0.29, 0.717) is 17.3 Å². The van der Waals surface area contributed by atoms with Crippen LogP contribution in [0.5, 0.6) is 5.75 Å². The van der Waals surface area contributed by atoms with Crippen molar-refractivity contribution in [3.63, 3.8) is 0 Å². The molecule has 0 bridgehead atoms. The molecule has 0 aliphatic heterocycles. The van der Waals surface area contributed by atoms with Crippen molar-refractivity contribution in [3.05, 3.63) is 59.4 Å². The molecular formula is C21H24FN5O2S. The van der Waals surface area contributed by atoms with E-state index < -0.39 is 0 Å². The minimum Gasteiger partial charge on any atom is -0.505 e. The summed E-state index contributed by atoms with van der Waals surface area (Å²) in [6, 6.07) is 11.1. The zero-order valence-electron chi connectivity index (χ0n) is 17.2. The van der Waals surface area contributed by atoms with Gasteiger partial charge >= 0.3 is 0 Å². The van der Waals surface area contributed by atoms with Crippen molar-refractivity contribution >= 4 is 35.0 Å². The molecule has 158 valence electrons. The maximum Gasteiger partial charge on any atom is 0.257 e. The summed E-state index contributed by atoms with van der Waals surface area (Å²) in [5, 5.41) is 16.9. The number of carbonyl (C=O) groups excluding carboxylic acids is 1. The Bertz CT molecular complexity index is 1040. The fourth-order valence-corrected chi connectivity index (χ4v) is 3.51. The normalized spacial score (nSPS) is 11.9. The van der Waals surface area contributed by atoms with Gasteiger partial charge in [-0.2, -0.15) is 8.75 Å². The molecule has 3 rings (SSSR count). The van der Waals surface area contributed by atoms with Crippen LogP contribution in [0.1, 0.15) is 35.8 Å². The van der Waals surface area contributed by atoms with E-state index in [0.717, 1.165) is 17.3 Å². The first-order valence-electron chi connectivity index (χ1n) is 9.43. The number of carbonyl (C=O) groups is 1. The first-order chi connectivity index (χ1) is 14.3. The molecule has 9 heteroatoms. The summed E-state index contributed by atoms with van der Waals surface area (Å²) >= 11 is 1.00. The Morgan fingerprint density at radius 1 is 1.13 bits per heavy atom. The minimum absolute atomic E-state index is 0.149. The number of aromatic nitrogens is 2. The number of nitrogens with zero attached hydrogens (tertiary/aromatic N) is 3. The van der Waals surface area contributed by atoms with Gasteiger partial charge in [0, 0.05) is 14.1 Å². The molecular weight excluding hydrogens is 405 g/mol. The van der Waals surface area contributed by atoms with Gasteiger partial charge in [0.15, 0.2) is 17.4 Å². The number of anilines is 3. The van der Waals surface area contributed by atoms with E-state index in [1.54, 1.807) is 38.4 Å². The highest BCUT2D eigenvalue weighted by atomic mass is 32.1. The monoisotopic (exact) mass is 429 g/mol. The standard InChI is InChI=1S/C21H24FN5O2S/c1-12(2)17(13-7-5-8-14(22)11-13)24-20-19(25-30-26-20)23-16-10-6-9-15(18(16)28)21(29)27(3)4/h5-12,17,28H,1-4H3,(H,23,25)(H,24,26)/t17-/m0/s1. The van der Waals surface area contributed by atoms with Gasteiger partial charge in [0.05, 0.1) is 29.0 Å². The molecule has 3 aromatic rings. The summed E-state index contributed by atoms with van der Waals surface area (Å²) < 4.78 is 22.3. The van der Waals surface area contributed by atoms with E-state index in [4.69, 9.17) is 0 Å². The van der Waals surface area contributed by atoms with Crippen LogP contribution in [0.15, 0.2) is 42.5 Å². The molecule has 1 heterocycles. The van der Waals surface area contributed by atoms with E-state index in [1.807, 2.05) is 19.9 Å². The molecule has 0 aliphatic rings. The van der Waals surface area contributed by atoms with Crippen LogP contribution >= 0.6 is 11.7 Å². The fraction of sp³-hybridized carbons (Fsp3) is 0.286. The van der Waals surface area contributed by atoms with Gasteiger partial charge in [-0.1, -0.05) is 32.0 Å². The van der Waals surface area contributed by atoms with Crippen molar-refractivity contribution in [1.82, 2.24) is 13.6 Å². The van der Waals surface area contributed by atoms with Crippen LogP contribution in [0.2, 0.25) is 0 Å².